The molecule has 96 valence electrons. The average molecular weight is 227 g/mol. The minimum absolute atomic E-state index is 0.360. The summed E-state index contributed by atoms with van der Waals surface area (Å²) in [6.45, 7) is 1.61. The maximum atomic E-state index is 8.70. The van der Waals surface area contributed by atoms with E-state index in [0.29, 0.717) is 6.61 Å². The molecule has 1 aliphatic rings. The van der Waals surface area contributed by atoms with Gasteiger partial charge in [-0.25, -0.2) is 0 Å². The fourth-order valence-electron chi connectivity index (χ4n) is 2.71. The lowest BCUT2D eigenvalue weighted by molar-refractivity contribution is 0.215. The van der Waals surface area contributed by atoms with Crippen LogP contribution in [0.5, 0.6) is 0 Å². The molecular formula is C14H29NO. The molecule has 0 spiro atoms. The first-order valence-electron chi connectivity index (χ1n) is 7.15. The Bertz CT molecular complexity index is 153. The van der Waals surface area contributed by atoms with E-state index in [1.165, 1.54) is 64.3 Å². The highest BCUT2D eigenvalue weighted by molar-refractivity contribution is 4.72. The molecule has 0 saturated heterocycles. The molecule has 0 aromatic rings. The zero-order valence-corrected chi connectivity index (χ0v) is 11.0. The molecule has 0 aliphatic heterocycles. The zero-order chi connectivity index (χ0) is 11.6. The summed E-state index contributed by atoms with van der Waals surface area (Å²) >= 11 is 0. The Labute approximate surface area is 101 Å². The molecule has 1 fully saturated rings. The van der Waals surface area contributed by atoms with E-state index in [2.05, 4.69) is 11.9 Å². The van der Waals surface area contributed by atoms with Crippen LogP contribution in [0.2, 0.25) is 0 Å². The third-order valence-electron chi connectivity index (χ3n) is 3.87. The van der Waals surface area contributed by atoms with Crippen LogP contribution in [-0.2, 0) is 0 Å². The quantitative estimate of drug-likeness (QED) is 0.533. The summed E-state index contributed by atoms with van der Waals surface area (Å²) in [6.07, 6.45) is 13.3. The first kappa shape index (κ1) is 14.0. The first-order valence-corrected chi connectivity index (χ1v) is 7.15. The minimum atomic E-state index is 0.360. The second-order valence-corrected chi connectivity index (χ2v) is 5.26. The van der Waals surface area contributed by atoms with Gasteiger partial charge in [0.15, 0.2) is 0 Å². The van der Waals surface area contributed by atoms with E-state index < -0.39 is 0 Å². The van der Waals surface area contributed by atoms with Gasteiger partial charge in [-0.2, -0.15) is 0 Å². The standard InChI is InChI=1S/C14H29NO/c1-15(12-8-4-5-9-13-16)14-10-6-2-3-7-11-14/h14,16H,2-13H2,1H3. The second kappa shape index (κ2) is 9.00. The topological polar surface area (TPSA) is 23.5 Å². The van der Waals surface area contributed by atoms with Gasteiger partial charge in [0.25, 0.3) is 0 Å². The monoisotopic (exact) mass is 227 g/mol. The third kappa shape index (κ3) is 5.86. The van der Waals surface area contributed by atoms with E-state index in [-0.39, 0.29) is 0 Å². The van der Waals surface area contributed by atoms with Crippen molar-refractivity contribution in [3.8, 4) is 0 Å². The van der Waals surface area contributed by atoms with Crippen molar-refractivity contribution < 1.29 is 5.11 Å². The summed E-state index contributed by atoms with van der Waals surface area (Å²) in [6, 6.07) is 0.848. The van der Waals surface area contributed by atoms with Crippen LogP contribution in [0.1, 0.15) is 64.2 Å². The second-order valence-electron chi connectivity index (χ2n) is 5.26. The SMILES string of the molecule is CN(CCCCCCO)C1CCCCCC1. The number of rotatable bonds is 7. The smallest absolute Gasteiger partial charge is 0.0431 e. The van der Waals surface area contributed by atoms with E-state index in [4.69, 9.17) is 5.11 Å². The fourth-order valence-corrected chi connectivity index (χ4v) is 2.71. The van der Waals surface area contributed by atoms with Crippen LogP contribution in [-0.4, -0.2) is 36.2 Å². The van der Waals surface area contributed by atoms with Crippen molar-refractivity contribution in [2.75, 3.05) is 20.2 Å². The van der Waals surface area contributed by atoms with Crippen LogP contribution in [0.3, 0.4) is 0 Å². The van der Waals surface area contributed by atoms with E-state index in [0.717, 1.165) is 12.5 Å². The molecule has 0 unspecified atom stereocenters. The summed E-state index contributed by atoms with van der Waals surface area (Å²) in [4.78, 5) is 2.57. The lowest BCUT2D eigenvalue weighted by Gasteiger charge is -2.26. The third-order valence-corrected chi connectivity index (χ3v) is 3.87. The summed E-state index contributed by atoms with van der Waals surface area (Å²) in [5.41, 5.74) is 0. The number of hydrogen-bond donors (Lipinski definition) is 1. The summed E-state index contributed by atoms with van der Waals surface area (Å²) < 4.78 is 0. The number of hydrogen-bond acceptors (Lipinski definition) is 2. The van der Waals surface area contributed by atoms with Gasteiger partial charge in [0.05, 0.1) is 0 Å². The van der Waals surface area contributed by atoms with E-state index in [1.807, 2.05) is 0 Å². The maximum Gasteiger partial charge on any atom is 0.0431 e. The molecule has 2 heteroatoms. The van der Waals surface area contributed by atoms with Crippen molar-refractivity contribution in [1.82, 2.24) is 4.90 Å². The number of aliphatic hydroxyl groups is 1. The van der Waals surface area contributed by atoms with Crippen LogP contribution in [0.4, 0.5) is 0 Å². The normalized spacial score (nSPS) is 18.9. The van der Waals surface area contributed by atoms with Gasteiger partial charge >= 0.3 is 0 Å². The molecule has 0 atom stereocenters. The molecule has 0 bridgehead atoms. The molecule has 16 heavy (non-hydrogen) atoms. The van der Waals surface area contributed by atoms with Crippen molar-refractivity contribution >= 4 is 0 Å². The predicted octanol–water partition coefficient (Wildman–Crippen LogP) is 3.19. The predicted molar refractivity (Wildman–Crippen MR) is 69.7 cm³/mol. The van der Waals surface area contributed by atoms with Crippen LogP contribution < -0.4 is 0 Å². The molecule has 2 nitrogen and oxygen atoms in total. The Kier molecular flexibility index (Phi) is 7.87. The van der Waals surface area contributed by atoms with Gasteiger partial charge in [0, 0.05) is 12.6 Å². The van der Waals surface area contributed by atoms with Gasteiger partial charge in [-0.1, -0.05) is 38.5 Å². The minimum Gasteiger partial charge on any atom is -0.396 e. The maximum absolute atomic E-state index is 8.70. The molecule has 1 N–H and O–H groups in total. The van der Waals surface area contributed by atoms with E-state index >= 15 is 0 Å². The lowest BCUT2D eigenvalue weighted by Crippen LogP contribution is -2.32. The van der Waals surface area contributed by atoms with Gasteiger partial charge in [-0.15, -0.1) is 0 Å². The molecule has 0 aromatic carbocycles. The highest BCUT2D eigenvalue weighted by Crippen LogP contribution is 2.21. The molecule has 0 radical (unpaired) electrons. The molecule has 0 aromatic heterocycles. The Morgan fingerprint density at radius 2 is 1.56 bits per heavy atom. The molecular weight excluding hydrogens is 198 g/mol. The Morgan fingerprint density at radius 3 is 2.19 bits per heavy atom. The summed E-state index contributed by atoms with van der Waals surface area (Å²) in [7, 11) is 2.29. The van der Waals surface area contributed by atoms with Gasteiger partial charge in [-0.05, 0) is 39.3 Å². The lowest BCUT2D eigenvalue weighted by atomic mass is 10.1. The van der Waals surface area contributed by atoms with Crippen molar-refractivity contribution in [1.29, 1.82) is 0 Å². The largest absolute Gasteiger partial charge is 0.396 e. The molecule has 0 heterocycles. The fraction of sp³-hybridized carbons (Fsp3) is 1.00. The molecule has 1 aliphatic carbocycles. The van der Waals surface area contributed by atoms with Crippen LogP contribution in [0, 0.1) is 0 Å². The highest BCUT2D eigenvalue weighted by atomic mass is 16.2. The van der Waals surface area contributed by atoms with Gasteiger partial charge < -0.3 is 10.0 Å². The van der Waals surface area contributed by atoms with Crippen molar-refractivity contribution in [2.45, 2.75) is 70.3 Å². The average Bonchev–Trinajstić information content (AvgIpc) is 2.57. The van der Waals surface area contributed by atoms with Crippen LogP contribution in [0.25, 0.3) is 0 Å². The van der Waals surface area contributed by atoms with Crippen molar-refractivity contribution in [3.63, 3.8) is 0 Å². The van der Waals surface area contributed by atoms with Gasteiger partial charge in [0.1, 0.15) is 0 Å². The molecule has 0 amide bonds. The molecule has 1 saturated carbocycles. The Balaban J connectivity index is 2.05. The van der Waals surface area contributed by atoms with Crippen molar-refractivity contribution in [3.05, 3.63) is 0 Å². The van der Waals surface area contributed by atoms with E-state index in [9.17, 15) is 0 Å². The van der Waals surface area contributed by atoms with Crippen LogP contribution >= 0.6 is 0 Å². The van der Waals surface area contributed by atoms with Gasteiger partial charge in [-0.3, -0.25) is 0 Å². The number of nitrogens with zero attached hydrogens (tertiary/aromatic N) is 1. The Morgan fingerprint density at radius 1 is 0.938 bits per heavy atom. The number of unbranched alkanes of at least 4 members (excludes halogenated alkanes) is 3. The van der Waals surface area contributed by atoms with Crippen molar-refractivity contribution in [2.24, 2.45) is 0 Å². The Hall–Kier alpha value is -0.0800. The number of aliphatic hydroxyl groups excluding tert-OH is 1. The summed E-state index contributed by atoms with van der Waals surface area (Å²) in [5.74, 6) is 0. The first-order chi connectivity index (χ1) is 7.84. The van der Waals surface area contributed by atoms with Gasteiger partial charge in [0.2, 0.25) is 0 Å². The van der Waals surface area contributed by atoms with E-state index in [1.54, 1.807) is 0 Å². The highest BCUT2D eigenvalue weighted by Gasteiger charge is 2.15. The zero-order valence-electron chi connectivity index (χ0n) is 11.0. The molecule has 1 rings (SSSR count). The van der Waals surface area contributed by atoms with Crippen LogP contribution in [0.15, 0.2) is 0 Å². The summed E-state index contributed by atoms with van der Waals surface area (Å²) in [5, 5.41) is 8.70.